The second-order valence-corrected chi connectivity index (χ2v) is 8.08. The summed E-state index contributed by atoms with van der Waals surface area (Å²) in [4.78, 5) is 26.2. The van der Waals surface area contributed by atoms with Crippen LogP contribution in [0.1, 0.15) is 48.5 Å². The molecule has 0 fully saturated rings. The molecule has 5 nitrogen and oxygen atoms in total. The van der Waals surface area contributed by atoms with E-state index in [0.717, 1.165) is 22.9 Å². The van der Waals surface area contributed by atoms with E-state index in [1.807, 2.05) is 24.3 Å². The van der Waals surface area contributed by atoms with E-state index in [2.05, 4.69) is 28.2 Å². The van der Waals surface area contributed by atoms with Crippen LogP contribution in [0.5, 0.6) is 5.75 Å². The van der Waals surface area contributed by atoms with Crippen LogP contribution in [0, 0.1) is 0 Å². The minimum atomic E-state index is -0.230. The van der Waals surface area contributed by atoms with Gasteiger partial charge in [0.25, 0.3) is 5.91 Å². The molecule has 0 radical (unpaired) electrons. The average molecular weight is 461 g/mol. The van der Waals surface area contributed by atoms with Gasteiger partial charge in [-0.1, -0.05) is 54.2 Å². The number of nitrogens with one attached hydrogen (secondary N) is 1. The molecule has 0 aliphatic carbocycles. The second-order valence-electron chi connectivity index (χ2n) is 7.17. The Labute approximate surface area is 181 Å². The van der Waals surface area contributed by atoms with Crippen LogP contribution in [-0.4, -0.2) is 37.4 Å². The van der Waals surface area contributed by atoms with Crippen molar-refractivity contribution in [1.82, 2.24) is 4.90 Å². The molecule has 0 heterocycles. The molecule has 156 valence electrons. The number of likely N-dealkylation sites (N-methyl/N-ethyl adjacent to an activating group) is 1. The number of carbonyl (C=O) groups excluding carboxylic acids is 2. The van der Waals surface area contributed by atoms with Crippen molar-refractivity contribution in [3.63, 3.8) is 0 Å². The molecule has 0 spiro atoms. The third-order valence-corrected chi connectivity index (χ3v) is 5.00. The summed E-state index contributed by atoms with van der Waals surface area (Å²) < 4.78 is 6.68. The Bertz CT molecular complexity index is 819. The van der Waals surface area contributed by atoms with Crippen molar-refractivity contribution in [3.8, 4) is 5.75 Å². The summed E-state index contributed by atoms with van der Waals surface area (Å²) in [6.45, 7) is 2.77. The van der Waals surface area contributed by atoms with E-state index < -0.39 is 0 Å². The number of unbranched alkanes of at least 4 members (excludes halogenated alkanes) is 3. The van der Waals surface area contributed by atoms with E-state index in [1.54, 1.807) is 37.2 Å². The molecular weight excluding hydrogens is 432 g/mol. The number of hydrogen-bond donors (Lipinski definition) is 1. The summed E-state index contributed by atoms with van der Waals surface area (Å²) in [5, 5.41) is 2.90. The molecule has 6 heteroatoms. The van der Waals surface area contributed by atoms with Crippen LogP contribution in [0.3, 0.4) is 0 Å². The zero-order chi connectivity index (χ0) is 21.2. The number of benzene rings is 2. The van der Waals surface area contributed by atoms with Gasteiger partial charge in [0.1, 0.15) is 5.75 Å². The van der Waals surface area contributed by atoms with Crippen molar-refractivity contribution in [2.24, 2.45) is 0 Å². The fourth-order valence-corrected chi connectivity index (χ4v) is 3.11. The van der Waals surface area contributed by atoms with E-state index in [9.17, 15) is 9.59 Å². The average Bonchev–Trinajstić information content (AvgIpc) is 2.70. The quantitative estimate of drug-likeness (QED) is 0.489. The first-order valence-electron chi connectivity index (χ1n) is 9.93. The van der Waals surface area contributed by atoms with E-state index in [1.165, 1.54) is 12.8 Å². The van der Waals surface area contributed by atoms with E-state index in [4.69, 9.17) is 4.74 Å². The van der Waals surface area contributed by atoms with Crippen LogP contribution < -0.4 is 10.1 Å². The number of halogens is 1. The third kappa shape index (κ3) is 7.54. The van der Waals surface area contributed by atoms with Crippen LogP contribution in [0.15, 0.2) is 46.9 Å². The van der Waals surface area contributed by atoms with Crippen LogP contribution in [0.2, 0.25) is 0 Å². The molecule has 29 heavy (non-hydrogen) atoms. The van der Waals surface area contributed by atoms with E-state index in [0.29, 0.717) is 30.0 Å². The standard InChI is InChI=1S/C23H29BrN2O3/c1-4-5-6-7-14-29-21-13-10-18(24)16-20(21)23(28)25-19-11-8-17(9-12-19)15-22(27)26(2)3/h8-13,16H,4-7,14-15H2,1-3H3,(H,25,28). The molecule has 1 N–H and O–H groups in total. The number of carbonyl (C=O) groups is 2. The minimum absolute atomic E-state index is 0.0386. The molecule has 0 atom stereocenters. The highest BCUT2D eigenvalue weighted by molar-refractivity contribution is 9.10. The van der Waals surface area contributed by atoms with Crippen molar-refractivity contribution in [3.05, 3.63) is 58.1 Å². The lowest BCUT2D eigenvalue weighted by atomic mass is 10.1. The van der Waals surface area contributed by atoms with E-state index in [-0.39, 0.29) is 11.8 Å². The zero-order valence-electron chi connectivity index (χ0n) is 17.3. The molecule has 0 aliphatic rings. The summed E-state index contributed by atoms with van der Waals surface area (Å²) in [7, 11) is 3.47. The van der Waals surface area contributed by atoms with Gasteiger partial charge in [-0.15, -0.1) is 0 Å². The minimum Gasteiger partial charge on any atom is -0.493 e. The predicted molar refractivity (Wildman–Crippen MR) is 121 cm³/mol. The molecule has 2 rings (SSSR count). The maximum Gasteiger partial charge on any atom is 0.259 e. The van der Waals surface area contributed by atoms with Gasteiger partial charge in [0.2, 0.25) is 5.91 Å². The monoisotopic (exact) mass is 460 g/mol. The number of nitrogens with zero attached hydrogens (tertiary/aromatic N) is 1. The van der Waals surface area contributed by atoms with Gasteiger partial charge in [-0.05, 0) is 42.3 Å². The van der Waals surface area contributed by atoms with Gasteiger partial charge in [0.05, 0.1) is 18.6 Å². The van der Waals surface area contributed by atoms with Crippen molar-refractivity contribution in [2.75, 3.05) is 26.0 Å². The number of ether oxygens (including phenoxy) is 1. The Morgan fingerprint density at radius 2 is 1.76 bits per heavy atom. The van der Waals surface area contributed by atoms with Crippen molar-refractivity contribution >= 4 is 33.4 Å². The largest absolute Gasteiger partial charge is 0.493 e. The Balaban J connectivity index is 2.02. The lowest BCUT2D eigenvalue weighted by Gasteiger charge is -2.13. The van der Waals surface area contributed by atoms with Crippen LogP contribution in [0.25, 0.3) is 0 Å². The van der Waals surface area contributed by atoms with E-state index >= 15 is 0 Å². The zero-order valence-corrected chi connectivity index (χ0v) is 18.9. The first-order valence-corrected chi connectivity index (χ1v) is 10.7. The molecule has 0 aliphatic heterocycles. The SMILES string of the molecule is CCCCCCOc1ccc(Br)cc1C(=O)Nc1ccc(CC(=O)N(C)C)cc1. The first-order chi connectivity index (χ1) is 13.9. The molecule has 2 aromatic carbocycles. The molecular formula is C23H29BrN2O3. The maximum atomic E-state index is 12.8. The molecule has 0 saturated heterocycles. The predicted octanol–water partition coefficient (Wildman–Crippen LogP) is 5.29. The lowest BCUT2D eigenvalue weighted by molar-refractivity contribution is -0.127. The van der Waals surface area contributed by atoms with Gasteiger partial charge < -0.3 is 15.0 Å². The Kier molecular flexibility index (Phi) is 9.19. The number of hydrogen-bond acceptors (Lipinski definition) is 3. The highest BCUT2D eigenvalue weighted by atomic mass is 79.9. The van der Waals surface area contributed by atoms with Gasteiger partial charge in [-0.3, -0.25) is 9.59 Å². The van der Waals surface area contributed by atoms with Crippen LogP contribution in [-0.2, 0) is 11.2 Å². The number of amides is 2. The van der Waals surface area contributed by atoms with Gasteiger partial charge >= 0.3 is 0 Å². The molecule has 0 saturated carbocycles. The maximum absolute atomic E-state index is 12.8. The molecule has 2 aromatic rings. The van der Waals surface area contributed by atoms with Crippen LogP contribution >= 0.6 is 15.9 Å². The highest BCUT2D eigenvalue weighted by Gasteiger charge is 2.14. The normalized spacial score (nSPS) is 10.5. The molecule has 0 aromatic heterocycles. The Hall–Kier alpha value is -2.34. The first kappa shape index (κ1) is 22.9. The second kappa shape index (κ2) is 11.6. The molecule has 0 unspecified atom stereocenters. The van der Waals surface area contributed by atoms with Crippen molar-refractivity contribution in [2.45, 2.75) is 39.0 Å². The summed E-state index contributed by atoms with van der Waals surface area (Å²) in [6, 6.07) is 12.8. The summed E-state index contributed by atoms with van der Waals surface area (Å²) >= 11 is 3.43. The van der Waals surface area contributed by atoms with Gasteiger partial charge in [-0.25, -0.2) is 0 Å². The van der Waals surface area contributed by atoms with Crippen molar-refractivity contribution < 1.29 is 14.3 Å². The number of anilines is 1. The Morgan fingerprint density at radius 1 is 1.03 bits per heavy atom. The van der Waals surface area contributed by atoms with Gasteiger partial charge in [-0.2, -0.15) is 0 Å². The van der Waals surface area contributed by atoms with Crippen molar-refractivity contribution in [1.29, 1.82) is 0 Å². The molecule has 2 amide bonds. The third-order valence-electron chi connectivity index (χ3n) is 4.51. The van der Waals surface area contributed by atoms with Gasteiger partial charge in [0, 0.05) is 24.3 Å². The smallest absolute Gasteiger partial charge is 0.259 e. The highest BCUT2D eigenvalue weighted by Crippen LogP contribution is 2.25. The Morgan fingerprint density at radius 3 is 2.41 bits per heavy atom. The number of rotatable bonds is 10. The summed E-state index contributed by atoms with van der Waals surface area (Å²) in [5.41, 5.74) is 2.06. The van der Waals surface area contributed by atoms with Crippen LogP contribution in [0.4, 0.5) is 5.69 Å². The fourth-order valence-electron chi connectivity index (χ4n) is 2.75. The summed E-state index contributed by atoms with van der Waals surface area (Å²) in [6.07, 6.45) is 4.79. The summed E-state index contributed by atoms with van der Waals surface area (Å²) in [5.74, 6) is 0.388. The lowest BCUT2D eigenvalue weighted by Crippen LogP contribution is -2.23. The van der Waals surface area contributed by atoms with Gasteiger partial charge in [0.15, 0.2) is 0 Å². The molecule has 0 bridgehead atoms. The fraction of sp³-hybridized carbons (Fsp3) is 0.391. The topological polar surface area (TPSA) is 58.6 Å².